The van der Waals surface area contributed by atoms with Gasteiger partial charge in [0.2, 0.25) is 5.91 Å². The van der Waals surface area contributed by atoms with Crippen molar-refractivity contribution in [1.29, 1.82) is 0 Å². The first-order valence-electron chi connectivity index (χ1n) is 8.07. The van der Waals surface area contributed by atoms with E-state index in [0.29, 0.717) is 22.9 Å². The van der Waals surface area contributed by atoms with E-state index in [2.05, 4.69) is 10.4 Å². The average molecular weight is 308 g/mol. The van der Waals surface area contributed by atoms with Crippen LogP contribution in [-0.2, 0) is 11.3 Å². The number of halogens is 1. The molecular weight excluding hydrogens is 286 g/mol. The van der Waals surface area contributed by atoms with Crippen LogP contribution in [0.4, 0.5) is 0 Å². The second-order valence-corrected chi connectivity index (χ2v) is 7.69. The summed E-state index contributed by atoms with van der Waals surface area (Å²) in [5.41, 5.74) is 0.777. The van der Waals surface area contributed by atoms with Crippen LogP contribution in [0.15, 0.2) is 6.20 Å². The van der Waals surface area contributed by atoms with Gasteiger partial charge >= 0.3 is 0 Å². The normalized spacial score (nSPS) is 37.0. The Morgan fingerprint density at radius 1 is 1.29 bits per heavy atom. The largest absolute Gasteiger partial charge is 0.351 e. The summed E-state index contributed by atoms with van der Waals surface area (Å²) in [6.45, 7) is 2.13. The molecule has 4 fully saturated rings. The number of aromatic nitrogens is 2. The summed E-state index contributed by atoms with van der Waals surface area (Å²) in [6.07, 6.45) is 8.47. The molecule has 0 aliphatic heterocycles. The van der Waals surface area contributed by atoms with Gasteiger partial charge in [0.15, 0.2) is 0 Å². The maximum absolute atomic E-state index is 12.3. The molecule has 0 saturated heterocycles. The minimum absolute atomic E-state index is 0.0756. The zero-order chi connectivity index (χ0) is 14.6. The summed E-state index contributed by atoms with van der Waals surface area (Å²) < 4.78 is 1.64. The molecule has 1 aromatic heterocycles. The van der Waals surface area contributed by atoms with E-state index in [9.17, 15) is 4.79 Å². The molecule has 1 aromatic rings. The molecule has 114 valence electrons. The smallest absolute Gasteiger partial charge is 0.241 e. The molecule has 4 nitrogen and oxygen atoms in total. The van der Waals surface area contributed by atoms with Crippen LogP contribution in [0, 0.1) is 30.6 Å². The Morgan fingerprint density at radius 3 is 2.43 bits per heavy atom. The predicted octanol–water partition coefficient (Wildman–Crippen LogP) is 2.79. The van der Waals surface area contributed by atoms with Crippen molar-refractivity contribution in [3.63, 3.8) is 0 Å². The SMILES string of the molecule is Cc1nn(CC(=O)NC2C3CC4CC(C3)CC2C4)cc1Cl. The van der Waals surface area contributed by atoms with Gasteiger partial charge in [-0.15, -0.1) is 0 Å². The number of nitrogens with one attached hydrogen (secondary N) is 1. The third-order valence-electron chi connectivity index (χ3n) is 5.75. The molecule has 1 heterocycles. The molecule has 4 aliphatic carbocycles. The molecule has 0 radical (unpaired) electrons. The molecule has 4 bridgehead atoms. The van der Waals surface area contributed by atoms with Crippen LogP contribution < -0.4 is 5.32 Å². The Balaban J connectivity index is 1.40. The Labute approximate surface area is 130 Å². The number of amides is 1. The Hall–Kier alpha value is -1.03. The zero-order valence-corrected chi connectivity index (χ0v) is 13.1. The maximum atomic E-state index is 12.3. The van der Waals surface area contributed by atoms with Gasteiger partial charge in [0.1, 0.15) is 6.54 Å². The van der Waals surface area contributed by atoms with Crippen LogP contribution >= 0.6 is 11.6 Å². The fraction of sp³-hybridized carbons (Fsp3) is 0.750. The first-order chi connectivity index (χ1) is 10.1. The van der Waals surface area contributed by atoms with Crippen LogP contribution in [0.1, 0.15) is 37.8 Å². The van der Waals surface area contributed by atoms with Gasteiger partial charge in [-0.25, -0.2) is 0 Å². The van der Waals surface area contributed by atoms with Gasteiger partial charge in [0.25, 0.3) is 0 Å². The van der Waals surface area contributed by atoms with Crippen molar-refractivity contribution >= 4 is 17.5 Å². The minimum Gasteiger partial charge on any atom is -0.351 e. The van der Waals surface area contributed by atoms with Crippen molar-refractivity contribution in [3.8, 4) is 0 Å². The molecule has 4 saturated carbocycles. The Bertz CT molecular complexity index is 520. The fourth-order valence-corrected chi connectivity index (χ4v) is 5.26. The highest BCUT2D eigenvalue weighted by atomic mass is 35.5. The summed E-state index contributed by atoms with van der Waals surface area (Å²) in [6, 6.07) is 0.400. The second-order valence-electron chi connectivity index (χ2n) is 7.28. The highest BCUT2D eigenvalue weighted by Crippen LogP contribution is 2.53. The number of carbonyl (C=O) groups is 1. The predicted molar refractivity (Wildman–Crippen MR) is 80.9 cm³/mol. The zero-order valence-electron chi connectivity index (χ0n) is 12.4. The minimum atomic E-state index is 0.0756. The monoisotopic (exact) mass is 307 g/mol. The van der Waals surface area contributed by atoms with Crippen molar-refractivity contribution < 1.29 is 4.79 Å². The van der Waals surface area contributed by atoms with Crippen molar-refractivity contribution in [2.24, 2.45) is 23.7 Å². The fourth-order valence-electron chi connectivity index (χ4n) is 5.11. The van der Waals surface area contributed by atoms with E-state index in [1.807, 2.05) is 6.92 Å². The lowest BCUT2D eigenvalue weighted by molar-refractivity contribution is -0.125. The van der Waals surface area contributed by atoms with E-state index < -0.39 is 0 Å². The molecule has 0 spiro atoms. The van der Waals surface area contributed by atoms with E-state index in [0.717, 1.165) is 17.5 Å². The summed E-state index contributed by atoms with van der Waals surface area (Å²) in [5, 5.41) is 8.18. The van der Waals surface area contributed by atoms with Gasteiger partial charge in [-0.05, 0) is 62.7 Å². The number of hydrogen-bond acceptors (Lipinski definition) is 2. The van der Waals surface area contributed by atoms with E-state index >= 15 is 0 Å². The van der Waals surface area contributed by atoms with Crippen LogP contribution in [0.25, 0.3) is 0 Å². The van der Waals surface area contributed by atoms with Gasteiger partial charge in [-0.1, -0.05) is 11.6 Å². The first-order valence-corrected chi connectivity index (χ1v) is 8.45. The molecule has 1 amide bonds. The maximum Gasteiger partial charge on any atom is 0.241 e. The molecule has 0 unspecified atom stereocenters. The molecule has 21 heavy (non-hydrogen) atoms. The molecule has 5 heteroatoms. The lowest BCUT2D eigenvalue weighted by Gasteiger charge is -2.54. The molecular formula is C16H22ClN3O. The van der Waals surface area contributed by atoms with E-state index in [1.54, 1.807) is 10.9 Å². The van der Waals surface area contributed by atoms with Crippen LogP contribution in [0.3, 0.4) is 0 Å². The number of hydrogen-bond donors (Lipinski definition) is 1. The van der Waals surface area contributed by atoms with Crippen molar-refractivity contribution in [1.82, 2.24) is 15.1 Å². The third kappa shape index (κ3) is 2.48. The third-order valence-corrected chi connectivity index (χ3v) is 6.12. The molecule has 5 rings (SSSR count). The Morgan fingerprint density at radius 2 is 1.90 bits per heavy atom. The number of carbonyl (C=O) groups excluding carboxylic acids is 1. The van der Waals surface area contributed by atoms with Crippen LogP contribution in [0.2, 0.25) is 5.02 Å². The van der Waals surface area contributed by atoms with E-state index in [4.69, 9.17) is 11.6 Å². The first kappa shape index (κ1) is 13.6. The van der Waals surface area contributed by atoms with Crippen molar-refractivity contribution in [2.45, 2.75) is 51.6 Å². The van der Waals surface area contributed by atoms with Crippen molar-refractivity contribution in [3.05, 3.63) is 16.9 Å². The van der Waals surface area contributed by atoms with Crippen LogP contribution in [-0.4, -0.2) is 21.7 Å². The average Bonchev–Trinajstić information content (AvgIpc) is 2.71. The summed E-state index contributed by atoms with van der Waals surface area (Å²) >= 11 is 5.99. The van der Waals surface area contributed by atoms with Gasteiger partial charge < -0.3 is 5.32 Å². The molecule has 0 aromatic carbocycles. The lowest BCUT2D eigenvalue weighted by Crippen LogP contribution is -2.56. The van der Waals surface area contributed by atoms with Gasteiger partial charge in [0.05, 0.1) is 10.7 Å². The van der Waals surface area contributed by atoms with Crippen LogP contribution in [0.5, 0.6) is 0 Å². The summed E-state index contributed by atoms with van der Waals surface area (Å²) in [5.74, 6) is 3.38. The lowest BCUT2D eigenvalue weighted by atomic mass is 9.54. The van der Waals surface area contributed by atoms with Gasteiger partial charge in [0, 0.05) is 12.2 Å². The number of rotatable bonds is 3. The summed E-state index contributed by atoms with van der Waals surface area (Å²) in [7, 11) is 0. The van der Waals surface area contributed by atoms with Crippen molar-refractivity contribution in [2.75, 3.05) is 0 Å². The highest BCUT2D eigenvalue weighted by molar-refractivity contribution is 6.31. The highest BCUT2D eigenvalue weighted by Gasteiger charge is 2.48. The topological polar surface area (TPSA) is 46.9 Å². The van der Waals surface area contributed by atoms with Gasteiger partial charge in [-0.2, -0.15) is 5.10 Å². The Kier molecular flexibility index (Phi) is 3.25. The second kappa shape index (κ2) is 5.01. The summed E-state index contributed by atoms with van der Waals surface area (Å²) in [4.78, 5) is 12.3. The quantitative estimate of drug-likeness (QED) is 0.933. The van der Waals surface area contributed by atoms with Gasteiger partial charge in [-0.3, -0.25) is 9.48 Å². The molecule has 4 aliphatic rings. The van der Waals surface area contributed by atoms with E-state index in [1.165, 1.54) is 32.1 Å². The molecule has 0 atom stereocenters. The number of nitrogens with zero attached hydrogens (tertiary/aromatic N) is 2. The molecule has 1 N–H and O–H groups in total. The number of aryl methyl sites for hydroxylation is 1. The standard InChI is InChI=1S/C16H22ClN3O/c1-9-14(17)7-20(19-9)8-15(21)18-16-12-3-10-2-11(5-12)6-13(16)4-10/h7,10-13,16H,2-6,8H2,1H3,(H,18,21). The van der Waals surface area contributed by atoms with E-state index in [-0.39, 0.29) is 12.5 Å².